The van der Waals surface area contributed by atoms with Gasteiger partial charge in [-0.25, -0.2) is 8.42 Å². The molecule has 0 spiro atoms. The normalized spacial score (nSPS) is 12.5. The Bertz CT molecular complexity index is 859. The van der Waals surface area contributed by atoms with Crippen LogP contribution in [0.25, 0.3) is 0 Å². The van der Waals surface area contributed by atoms with E-state index in [9.17, 15) is 13.2 Å². The molecule has 0 heterocycles. The van der Waals surface area contributed by atoms with Crippen LogP contribution in [0.2, 0.25) is 0 Å². The van der Waals surface area contributed by atoms with Gasteiger partial charge in [0.25, 0.3) is 5.91 Å². The summed E-state index contributed by atoms with van der Waals surface area (Å²) in [7, 11) is -3.40. The third-order valence-corrected chi connectivity index (χ3v) is 4.66. The first-order valence-electron chi connectivity index (χ1n) is 8.16. The minimum Gasteiger partial charge on any atom is -0.345 e. The second-order valence-electron chi connectivity index (χ2n) is 6.20. The van der Waals surface area contributed by atoms with E-state index in [1.54, 1.807) is 25.1 Å². The minimum atomic E-state index is -3.40. The van der Waals surface area contributed by atoms with Gasteiger partial charge in [0.1, 0.15) is 0 Å². The summed E-state index contributed by atoms with van der Waals surface area (Å²) in [5.74, 6) is -0.220. The molecule has 0 aliphatic heterocycles. The number of anilines is 1. The van der Waals surface area contributed by atoms with Crippen molar-refractivity contribution in [1.82, 2.24) is 5.32 Å². The number of aryl methyl sites for hydroxylation is 1. The van der Waals surface area contributed by atoms with Gasteiger partial charge >= 0.3 is 0 Å². The molecule has 0 bridgehead atoms. The van der Waals surface area contributed by atoms with Crippen LogP contribution in [0.5, 0.6) is 0 Å². The summed E-state index contributed by atoms with van der Waals surface area (Å²) in [6, 6.07) is 13.0. The van der Waals surface area contributed by atoms with E-state index < -0.39 is 10.0 Å². The van der Waals surface area contributed by atoms with Crippen molar-refractivity contribution >= 4 is 21.6 Å². The molecule has 5 nitrogen and oxygen atoms in total. The number of sulfonamides is 1. The van der Waals surface area contributed by atoms with Gasteiger partial charge < -0.3 is 5.32 Å². The van der Waals surface area contributed by atoms with Crippen molar-refractivity contribution in [2.45, 2.75) is 33.2 Å². The van der Waals surface area contributed by atoms with Crippen molar-refractivity contribution < 1.29 is 13.2 Å². The van der Waals surface area contributed by atoms with Crippen LogP contribution in [0.3, 0.4) is 0 Å². The van der Waals surface area contributed by atoms with Gasteiger partial charge in [-0.2, -0.15) is 0 Å². The van der Waals surface area contributed by atoms with E-state index in [4.69, 9.17) is 0 Å². The number of hydrogen-bond donors (Lipinski definition) is 2. The summed E-state index contributed by atoms with van der Waals surface area (Å²) < 4.78 is 25.4. The summed E-state index contributed by atoms with van der Waals surface area (Å²) in [6.45, 7) is 5.77. The van der Waals surface area contributed by atoms with E-state index in [0.29, 0.717) is 16.8 Å². The van der Waals surface area contributed by atoms with Crippen molar-refractivity contribution in [2.24, 2.45) is 0 Å². The van der Waals surface area contributed by atoms with Gasteiger partial charge in [0.2, 0.25) is 10.0 Å². The quantitative estimate of drug-likeness (QED) is 0.827. The molecular formula is C19H24N2O3S. The second-order valence-corrected chi connectivity index (χ2v) is 7.95. The zero-order valence-corrected chi connectivity index (χ0v) is 15.8. The van der Waals surface area contributed by atoms with Gasteiger partial charge in [0, 0.05) is 5.56 Å². The zero-order valence-electron chi connectivity index (χ0n) is 15.0. The third kappa shape index (κ3) is 5.06. The first-order valence-corrected chi connectivity index (χ1v) is 10.0. The van der Waals surface area contributed by atoms with E-state index in [0.717, 1.165) is 18.2 Å². The summed E-state index contributed by atoms with van der Waals surface area (Å²) in [5.41, 5.74) is 3.69. The van der Waals surface area contributed by atoms with Crippen molar-refractivity contribution in [1.29, 1.82) is 0 Å². The monoisotopic (exact) mass is 360 g/mol. The fraction of sp³-hybridized carbons (Fsp3) is 0.316. The summed E-state index contributed by atoms with van der Waals surface area (Å²) in [6.07, 6.45) is 1.85. The first-order chi connectivity index (χ1) is 11.7. The molecule has 134 valence electrons. The van der Waals surface area contributed by atoms with Crippen LogP contribution in [0.4, 0.5) is 5.69 Å². The third-order valence-electron chi connectivity index (χ3n) is 4.07. The number of hydrogen-bond acceptors (Lipinski definition) is 3. The lowest BCUT2D eigenvalue weighted by atomic mass is 10.0. The van der Waals surface area contributed by atoms with E-state index in [-0.39, 0.29) is 11.9 Å². The van der Waals surface area contributed by atoms with Gasteiger partial charge in [-0.1, -0.05) is 42.8 Å². The predicted molar refractivity (Wildman–Crippen MR) is 101 cm³/mol. The molecule has 0 radical (unpaired) electrons. The van der Waals surface area contributed by atoms with Crippen molar-refractivity contribution in [2.75, 3.05) is 11.0 Å². The summed E-state index contributed by atoms with van der Waals surface area (Å²) in [4.78, 5) is 12.7. The highest BCUT2D eigenvalue weighted by Gasteiger charge is 2.17. The van der Waals surface area contributed by atoms with E-state index in [1.807, 2.05) is 38.1 Å². The molecule has 2 rings (SSSR count). The largest absolute Gasteiger partial charge is 0.345 e. The van der Waals surface area contributed by atoms with Gasteiger partial charge in [-0.15, -0.1) is 0 Å². The first kappa shape index (κ1) is 19.0. The average Bonchev–Trinajstić information content (AvgIpc) is 2.54. The van der Waals surface area contributed by atoms with Crippen molar-refractivity contribution in [3.63, 3.8) is 0 Å². The number of nitrogens with one attached hydrogen (secondary N) is 2. The van der Waals surface area contributed by atoms with Crippen LogP contribution in [-0.2, 0) is 10.0 Å². The lowest BCUT2D eigenvalue weighted by molar-refractivity contribution is 0.0935. The van der Waals surface area contributed by atoms with Crippen LogP contribution in [0.1, 0.15) is 46.4 Å². The molecule has 2 aromatic carbocycles. The van der Waals surface area contributed by atoms with E-state index >= 15 is 0 Å². The molecule has 0 saturated carbocycles. The number of carbonyl (C=O) groups excluding carboxylic acids is 1. The molecule has 0 aromatic heterocycles. The van der Waals surface area contributed by atoms with Crippen LogP contribution in [0, 0.1) is 13.8 Å². The number of amides is 1. The molecule has 0 saturated heterocycles. The average molecular weight is 360 g/mol. The van der Waals surface area contributed by atoms with Gasteiger partial charge in [-0.05, 0) is 43.5 Å². The minimum absolute atomic E-state index is 0.0981. The molecule has 0 unspecified atom stereocenters. The number of rotatable bonds is 6. The van der Waals surface area contributed by atoms with Crippen molar-refractivity contribution in [3.05, 3.63) is 64.7 Å². The lowest BCUT2D eigenvalue weighted by Gasteiger charge is -2.19. The Labute approximate surface area is 149 Å². The molecule has 0 aliphatic rings. The maximum absolute atomic E-state index is 12.7. The Kier molecular flexibility index (Phi) is 5.85. The van der Waals surface area contributed by atoms with Crippen LogP contribution >= 0.6 is 0 Å². The highest BCUT2D eigenvalue weighted by atomic mass is 32.2. The standard InChI is InChI=1S/C19H24N2O3S/c1-5-17(15-11-9-13(2)10-12-15)20-19(22)16-7-6-8-18(14(16)3)21-25(4,23)24/h6-12,17,21H,5H2,1-4H3,(H,20,22)/t17-/m0/s1. The molecule has 2 aromatic rings. The molecule has 25 heavy (non-hydrogen) atoms. The summed E-state index contributed by atoms with van der Waals surface area (Å²) in [5, 5.41) is 3.03. The number of benzene rings is 2. The fourth-order valence-corrected chi connectivity index (χ4v) is 3.27. The Hall–Kier alpha value is -2.34. The maximum atomic E-state index is 12.7. The number of carbonyl (C=O) groups is 1. The Morgan fingerprint density at radius 3 is 2.28 bits per heavy atom. The molecular weight excluding hydrogens is 336 g/mol. The smallest absolute Gasteiger partial charge is 0.252 e. The maximum Gasteiger partial charge on any atom is 0.252 e. The Balaban J connectivity index is 2.25. The van der Waals surface area contributed by atoms with Crippen LogP contribution in [-0.4, -0.2) is 20.6 Å². The topological polar surface area (TPSA) is 75.3 Å². The molecule has 2 N–H and O–H groups in total. The van der Waals surface area contributed by atoms with Gasteiger partial charge in [-0.3, -0.25) is 9.52 Å². The molecule has 1 amide bonds. The highest BCUT2D eigenvalue weighted by Crippen LogP contribution is 2.22. The van der Waals surface area contributed by atoms with Crippen LogP contribution in [0.15, 0.2) is 42.5 Å². The van der Waals surface area contributed by atoms with Crippen LogP contribution < -0.4 is 10.0 Å². The van der Waals surface area contributed by atoms with Gasteiger partial charge in [0.05, 0.1) is 18.0 Å². The van der Waals surface area contributed by atoms with Gasteiger partial charge in [0.15, 0.2) is 0 Å². The summed E-state index contributed by atoms with van der Waals surface area (Å²) >= 11 is 0. The predicted octanol–water partition coefficient (Wildman–Crippen LogP) is 3.56. The Morgan fingerprint density at radius 2 is 1.72 bits per heavy atom. The second kappa shape index (κ2) is 7.70. The Morgan fingerprint density at radius 1 is 1.08 bits per heavy atom. The van der Waals surface area contributed by atoms with E-state index in [2.05, 4.69) is 10.0 Å². The van der Waals surface area contributed by atoms with Crippen molar-refractivity contribution in [3.8, 4) is 0 Å². The highest BCUT2D eigenvalue weighted by molar-refractivity contribution is 7.92. The SMILES string of the molecule is CC[C@H](NC(=O)c1cccc(NS(C)(=O)=O)c1C)c1ccc(C)cc1. The molecule has 1 atom stereocenters. The molecule has 0 aliphatic carbocycles. The molecule has 6 heteroatoms. The lowest BCUT2D eigenvalue weighted by Crippen LogP contribution is -2.29. The fourth-order valence-electron chi connectivity index (χ4n) is 2.65. The zero-order chi connectivity index (χ0) is 18.6. The molecule has 0 fully saturated rings. The van der Waals surface area contributed by atoms with E-state index in [1.165, 1.54) is 5.56 Å².